The quantitative estimate of drug-likeness (QED) is 0.682. The number of benzene rings is 1. The molecule has 0 amide bonds. The number of hydrogen-bond donors (Lipinski definition) is 1. The largest absolute Gasteiger partial charge is 0.380 e. The summed E-state index contributed by atoms with van der Waals surface area (Å²) in [5, 5.41) is 13.4. The van der Waals surface area contributed by atoms with Crippen LogP contribution in [-0.2, 0) is 6.54 Å². The molecule has 0 atom stereocenters. The van der Waals surface area contributed by atoms with Crippen molar-refractivity contribution < 1.29 is 13.7 Å². The summed E-state index contributed by atoms with van der Waals surface area (Å²) >= 11 is 1.04. The molecule has 18 heavy (non-hydrogen) atoms. The summed E-state index contributed by atoms with van der Waals surface area (Å²) in [6, 6.07) is 6.49. The van der Waals surface area contributed by atoms with Gasteiger partial charge in [0.1, 0.15) is 0 Å². The zero-order valence-corrected chi connectivity index (χ0v) is 9.84. The summed E-state index contributed by atoms with van der Waals surface area (Å²) in [5.74, 6) is -1.84. The zero-order chi connectivity index (χ0) is 13.1. The minimum absolute atomic E-state index is 0.0529. The predicted molar refractivity (Wildman–Crippen MR) is 64.7 cm³/mol. The summed E-state index contributed by atoms with van der Waals surface area (Å²) in [6.45, 7) is 0.323. The highest BCUT2D eigenvalue weighted by atomic mass is 32.1. The van der Waals surface area contributed by atoms with Gasteiger partial charge in [-0.3, -0.25) is 10.1 Å². The van der Waals surface area contributed by atoms with Gasteiger partial charge in [-0.05, 0) is 18.2 Å². The second-order valence-electron chi connectivity index (χ2n) is 3.48. The van der Waals surface area contributed by atoms with Gasteiger partial charge in [0.05, 0.1) is 4.92 Å². The van der Waals surface area contributed by atoms with Crippen molar-refractivity contribution >= 4 is 22.0 Å². The third-order valence-electron chi connectivity index (χ3n) is 2.21. The molecule has 0 aliphatic heterocycles. The molecule has 1 N–H and O–H groups in total. The summed E-state index contributed by atoms with van der Waals surface area (Å²) in [4.78, 5) is 10.8. The molecule has 94 valence electrons. The van der Waals surface area contributed by atoms with Gasteiger partial charge in [-0.25, -0.2) is 8.78 Å². The molecule has 2 aromatic rings. The maximum absolute atomic E-state index is 12.9. The summed E-state index contributed by atoms with van der Waals surface area (Å²) in [7, 11) is 0. The number of nitrogens with zero attached hydrogens (tertiary/aromatic N) is 1. The van der Waals surface area contributed by atoms with Gasteiger partial charge in [0.15, 0.2) is 11.6 Å². The molecule has 0 aliphatic rings. The molecule has 1 aromatic heterocycles. The van der Waals surface area contributed by atoms with E-state index < -0.39 is 16.6 Å². The smallest absolute Gasteiger partial charge is 0.324 e. The van der Waals surface area contributed by atoms with Crippen LogP contribution in [0.15, 0.2) is 30.3 Å². The third kappa shape index (κ3) is 2.80. The maximum Gasteiger partial charge on any atom is 0.324 e. The molecule has 0 spiro atoms. The van der Waals surface area contributed by atoms with E-state index in [2.05, 4.69) is 5.32 Å². The first-order valence-corrected chi connectivity index (χ1v) is 5.80. The number of rotatable bonds is 4. The van der Waals surface area contributed by atoms with Crippen molar-refractivity contribution in [3.8, 4) is 0 Å². The second-order valence-corrected chi connectivity index (χ2v) is 4.63. The summed E-state index contributed by atoms with van der Waals surface area (Å²) in [6.07, 6.45) is 0. The SMILES string of the molecule is O=[N+]([O-])c1ccc(CNc2ccc(F)c(F)c2)s1. The highest BCUT2D eigenvalue weighted by Crippen LogP contribution is 2.24. The normalized spacial score (nSPS) is 10.3. The fourth-order valence-electron chi connectivity index (χ4n) is 1.35. The van der Waals surface area contributed by atoms with Gasteiger partial charge in [0, 0.05) is 29.2 Å². The van der Waals surface area contributed by atoms with Crippen LogP contribution >= 0.6 is 11.3 Å². The second kappa shape index (κ2) is 5.09. The fraction of sp³-hybridized carbons (Fsp3) is 0.0909. The molecule has 0 saturated carbocycles. The van der Waals surface area contributed by atoms with Crippen molar-refractivity contribution in [1.29, 1.82) is 0 Å². The summed E-state index contributed by atoms with van der Waals surface area (Å²) < 4.78 is 25.6. The molecule has 2 rings (SSSR count). The minimum Gasteiger partial charge on any atom is -0.380 e. The lowest BCUT2D eigenvalue weighted by atomic mass is 10.3. The number of nitro groups is 1. The molecule has 0 aliphatic carbocycles. The van der Waals surface area contributed by atoms with Crippen molar-refractivity contribution in [3.63, 3.8) is 0 Å². The molecule has 0 saturated heterocycles. The van der Waals surface area contributed by atoms with Crippen molar-refractivity contribution in [1.82, 2.24) is 0 Å². The Bertz CT molecular complexity index is 586. The maximum atomic E-state index is 12.9. The molecule has 0 radical (unpaired) electrons. The van der Waals surface area contributed by atoms with E-state index in [4.69, 9.17) is 0 Å². The molecular weight excluding hydrogens is 262 g/mol. The van der Waals surface area contributed by atoms with Crippen LogP contribution in [0.5, 0.6) is 0 Å². The van der Waals surface area contributed by atoms with Crippen LogP contribution in [0.1, 0.15) is 4.88 Å². The lowest BCUT2D eigenvalue weighted by Crippen LogP contribution is -1.98. The average molecular weight is 270 g/mol. The van der Waals surface area contributed by atoms with E-state index in [0.29, 0.717) is 12.2 Å². The first kappa shape index (κ1) is 12.4. The Labute approximate surface area is 105 Å². The number of nitrogens with one attached hydrogen (secondary N) is 1. The number of hydrogen-bond acceptors (Lipinski definition) is 4. The van der Waals surface area contributed by atoms with E-state index in [1.54, 1.807) is 6.07 Å². The van der Waals surface area contributed by atoms with E-state index in [1.165, 1.54) is 12.1 Å². The first-order chi connectivity index (χ1) is 8.56. The van der Waals surface area contributed by atoms with Crippen molar-refractivity contribution in [2.75, 3.05) is 5.32 Å². The van der Waals surface area contributed by atoms with E-state index in [1.807, 2.05) is 0 Å². The predicted octanol–water partition coefficient (Wildman–Crippen LogP) is 3.55. The van der Waals surface area contributed by atoms with Gasteiger partial charge in [-0.1, -0.05) is 11.3 Å². The Kier molecular flexibility index (Phi) is 3.52. The van der Waals surface area contributed by atoms with Gasteiger partial charge >= 0.3 is 5.00 Å². The molecule has 7 heteroatoms. The Morgan fingerprint density at radius 1 is 1.22 bits per heavy atom. The fourth-order valence-corrected chi connectivity index (χ4v) is 2.11. The molecule has 4 nitrogen and oxygen atoms in total. The highest BCUT2D eigenvalue weighted by molar-refractivity contribution is 7.15. The monoisotopic (exact) mass is 270 g/mol. The third-order valence-corrected chi connectivity index (χ3v) is 3.25. The molecule has 1 heterocycles. The van der Waals surface area contributed by atoms with Gasteiger partial charge in [-0.2, -0.15) is 0 Å². The standard InChI is InChI=1S/C11H8F2N2O2S/c12-9-3-1-7(5-10(9)13)14-6-8-2-4-11(18-8)15(16)17/h1-5,14H,6H2. The number of anilines is 1. The van der Waals surface area contributed by atoms with Crippen LogP contribution in [0.3, 0.4) is 0 Å². The summed E-state index contributed by atoms with van der Waals surface area (Å²) in [5.41, 5.74) is 0.421. The van der Waals surface area contributed by atoms with Crippen LogP contribution in [0.25, 0.3) is 0 Å². The Balaban J connectivity index is 2.02. The van der Waals surface area contributed by atoms with E-state index >= 15 is 0 Å². The molecule has 0 unspecified atom stereocenters. The number of halogens is 2. The van der Waals surface area contributed by atoms with Crippen molar-refractivity contribution in [2.45, 2.75) is 6.54 Å². The van der Waals surface area contributed by atoms with Crippen LogP contribution in [0, 0.1) is 21.7 Å². The topological polar surface area (TPSA) is 55.2 Å². The Morgan fingerprint density at radius 3 is 2.61 bits per heavy atom. The van der Waals surface area contributed by atoms with Crippen LogP contribution in [0.4, 0.5) is 19.5 Å². The molecular formula is C11H8F2N2O2S. The van der Waals surface area contributed by atoms with Gasteiger partial charge in [0.2, 0.25) is 0 Å². The van der Waals surface area contributed by atoms with Gasteiger partial charge in [0.25, 0.3) is 0 Å². The van der Waals surface area contributed by atoms with Crippen LogP contribution < -0.4 is 5.32 Å². The Hall–Kier alpha value is -2.02. The average Bonchev–Trinajstić information content (AvgIpc) is 2.79. The van der Waals surface area contributed by atoms with Gasteiger partial charge < -0.3 is 5.32 Å². The highest BCUT2D eigenvalue weighted by Gasteiger charge is 2.09. The number of thiophene rings is 1. The van der Waals surface area contributed by atoms with Crippen LogP contribution in [-0.4, -0.2) is 4.92 Å². The van der Waals surface area contributed by atoms with Crippen molar-refractivity contribution in [3.05, 3.63) is 57.0 Å². The van der Waals surface area contributed by atoms with E-state index in [-0.39, 0.29) is 5.00 Å². The molecule has 1 aromatic carbocycles. The first-order valence-electron chi connectivity index (χ1n) is 4.98. The van der Waals surface area contributed by atoms with E-state index in [0.717, 1.165) is 28.3 Å². The molecule has 0 fully saturated rings. The van der Waals surface area contributed by atoms with E-state index in [9.17, 15) is 18.9 Å². The van der Waals surface area contributed by atoms with Gasteiger partial charge in [-0.15, -0.1) is 0 Å². The zero-order valence-electron chi connectivity index (χ0n) is 9.02. The molecule has 0 bridgehead atoms. The minimum atomic E-state index is -0.933. The van der Waals surface area contributed by atoms with Crippen LogP contribution in [0.2, 0.25) is 0 Å². The lowest BCUT2D eigenvalue weighted by molar-refractivity contribution is -0.380. The van der Waals surface area contributed by atoms with Crippen molar-refractivity contribution in [2.24, 2.45) is 0 Å². The lowest BCUT2D eigenvalue weighted by Gasteiger charge is -2.04. The Morgan fingerprint density at radius 2 is 2.00 bits per heavy atom.